The Morgan fingerprint density at radius 1 is 1.31 bits per heavy atom. The Kier molecular flexibility index (Phi) is 2.34. The van der Waals surface area contributed by atoms with Gasteiger partial charge in [0.1, 0.15) is 0 Å². The van der Waals surface area contributed by atoms with Crippen LogP contribution >= 0.6 is 0 Å². The smallest absolute Gasteiger partial charge is 0.0546 e. The molecule has 0 fully saturated rings. The molecule has 1 heterocycles. The minimum absolute atomic E-state index is 0.174. The first-order valence-electron chi connectivity index (χ1n) is 4.84. The van der Waals surface area contributed by atoms with E-state index in [2.05, 4.69) is 29.2 Å². The van der Waals surface area contributed by atoms with Crippen molar-refractivity contribution in [1.82, 2.24) is 4.90 Å². The molecule has 0 bridgehead atoms. The van der Waals surface area contributed by atoms with Gasteiger partial charge in [0.25, 0.3) is 0 Å². The lowest BCUT2D eigenvalue weighted by atomic mass is 10.00. The molecule has 2 rings (SSSR count). The highest BCUT2D eigenvalue weighted by molar-refractivity contribution is 5.29. The summed E-state index contributed by atoms with van der Waals surface area (Å²) in [5, 5.41) is 0. The van der Waals surface area contributed by atoms with Crippen molar-refractivity contribution in [3.63, 3.8) is 0 Å². The zero-order valence-electron chi connectivity index (χ0n) is 8.03. The largest absolute Gasteiger partial charge is 0.316 e. The van der Waals surface area contributed by atoms with E-state index in [9.17, 15) is 0 Å². The van der Waals surface area contributed by atoms with E-state index in [1.165, 1.54) is 11.1 Å². The molecule has 1 atom stereocenters. The molecule has 0 saturated heterocycles. The van der Waals surface area contributed by atoms with Gasteiger partial charge in [-0.15, -0.1) is 0 Å². The molecule has 1 aromatic carbocycles. The predicted molar refractivity (Wildman–Crippen MR) is 54.2 cm³/mol. The molecule has 13 heavy (non-hydrogen) atoms. The molecule has 1 aliphatic rings. The van der Waals surface area contributed by atoms with Crippen LogP contribution in [0.15, 0.2) is 24.3 Å². The third-order valence-electron chi connectivity index (χ3n) is 2.74. The van der Waals surface area contributed by atoms with Crippen LogP contribution in [0, 0.1) is 0 Å². The van der Waals surface area contributed by atoms with Gasteiger partial charge in [-0.25, -0.2) is 0 Å². The van der Waals surface area contributed by atoms with E-state index in [4.69, 9.17) is 5.73 Å². The van der Waals surface area contributed by atoms with Gasteiger partial charge in [-0.1, -0.05) is 24.3 Å². The Balaban J connectivity index is 2.20. The van der Waals surface area contributed by atoms with Crippen LogP contribution in [0.5, 0.6) is 0 Å². The third-order valence-corrected chi connectivity index (χ3v) is 2.74. The number of fused-ring (bicyclic) bond motifs is 1. The molecule has 0 saturated carbocycles. The first kappa shape index (κ1) is 8.73. The maximum Gasteiger partial charge on any atom is 0.0546 e. The summed E-state index contributed by atoms with van der Waals surface area (Å²) in [6, 6.07) is 8.63. The Hall–Kier alpha value is -0.860. The van der Waals surface area contributed by atoms with Gasteiger partial charge in [0.05, 0.1) is 6.17 Å². The fraction of sp³-hybridized carbons (Fsp3) is 0.455. The van der Waals surface area contributed by atoms with Crippen LogP contribution in [0.25, 0.3) is 0 Å². The van der Waals surface area contributed by atoms with Gasteiger partial charge >= 0.3 is 0 Å². The number of benzene rings is 1. The molecule has 2 nitrogen and oxygen atoms in total. The Morgan fingerprint density at radius 3 is 2.69 bits per heavy atom. The normalized spacial score (nSPS) is 19.5. The van der Waals surface area contributed by atoms with Gasteiger partial charge in [0.2, 0.25) is 0 Å². The average Bonchev–Trinajstić information content (AvgIpc) is 2.17. The second-order valence-electron chi connectivity index (χ2n) is 3.73. The van der Waals surface area contributed by atoms with Crippen LogP contribution in [-0.2, 0) is 13.0 Å². The topological polar surface area (TPSA) is 29.3 Å². The first-order chi connectivity index (χ1) is 6.27. The van der Waals surface area contributed by atoms with E-state index in [1.807, 2.05) is 6.92 Å². The molecule has 1 aliphatic heterocycles. The van der Waals surface area contributed by atoms with E-state index in [0.717, 1.165) is 19.5 Å². The van der Waals surface area contributed by atoms with Crippen LogP contribution in [0.4, 0.5) is 0 Å². The van der Waals surface area contributed by atoms with Crippen LogP contribution in [-0.4, -0.2) is 17.6 Å². The van der Waals surface area contributed by atoms with Crippen molar-refractivity contribution in [2.24, 2.45) is 5.73 Å². The van der Waals surface area contributed by atoms with Crippen molar-refractivity contribution >= 4 is 0 Å². The molecule has 2 N–H and O–H groups in total. The average molecular weight is 176 g/mol. The lowest BCUT2D eigenvalue weighted by Gasteiger charge is -2.31. The van der Waals surface area contributed by atoms with Crippen LogP contribution in [0.1, 0.15) is 18.1 Å². The summed E-state index contributed by atoms with van der Waals surface area (Å²) in [6.45, 7) is 4.15. The summed E-state index contributed by atoms with van der Waals surface area (Å²) in [5.74, 6) is 0. The second kappa shape index (κ2) is 3.48. The van der Waals surface area contributed by atoms with Crippen molar-refractivity contribution in [3.05, 3.63) is 35.4 Å². The summed E-state index contributed by atoms with van der Waals surface area (Å²) in [4.78, 5) is 2.31. The van der Waals surface area contributed by atoms with E-state index in [0.29, 0.717) is 0 Å². The van der Waals surface area contributed by atoms with Crippen molar-refractivity contribution in [2.45, 2.75) is 26.1 Å². The summed E-state index contributed by atoms with van der Waals surface area (Å²) in [5.41, 5.74) is 8.77. The molecule has 0 aliphatic carbocycles. The number of hydrogen-bond donors (Lipinski definition) is 1. The molecule has 70 valence electrons. The lowest BCUT2D eigenvalue weighted by Crippen LogP contribution is -2.42. The maximum absolute atomic E-state index is 5.85. The summed E-state index contributed by atoms with van der Waals surface area (Å²) in [7, 11) is 0. The van der Waals surface area contributed by atoms with Crippen molar-refractivity contribution < 1.29 is 0 Å². The Bertz CT molecular complexity index is 294. The minimum atomic E-state index is 0.174. The lowest BCUT2D eigenvalue weighted by molar-refractivity contribution is 0.195. The Morgan fingerprint density at radius 2 is 2.00 bits per heavy atom. The second-order valence-corrected chi connectivity index (χ2v) is 3.73. The summed E-state index contributed by atoms with van der Waals surface area (Å²) >= 11 is 0. The Labute approximate surface area is 79.4 Å². The van der Waals surface area contributed by atoms with Crippen molar-refractivity contribution in [2.75, 3.05) is 6.54 Å². The maximum atomic E-state index is 5.85. The molecule has 0 radical (unpaired) electrons. The van der Waals surface area contributed by atoms with E-state index >= 15 is 0 Å². The van der Waals surface area contributed by atoms with E-state index < -0.39 is 0 Å². The zero-order valence-corrected chi connectivity index (χ0v) is 8.03. The van der Waals surface area contributed by atoms with Gasteiger partial charge in [0.15, 0.2) is 0 Å². The number of rotatable bonds is 1. The first-order valence-corrected chi connectivity index (χ1v) is 4.84. The molecule has 1 aromatic rings. The molecule has 1 unspecified atom stereocenters. The van der Waals surface area contributed by atoms with Gasteiger partial charge in [-0.3, -0.25) is 4.90 Å². The van der Waals surface area contributed by atoms with Gasteiger partial charge in [-0.05, 0) is 24.5 Å². The number of nitrogens with zero attached hydrogens (tertiary/aromatic N) is 1. The molecule has 0 aromatic heterocycles. The highest BCUT2D eigenvalue weighted by Crippen LogP contribution is 2.18. The van der Waals surface area contributed by atoms with Crippen molar-refractivity contribution in [3.8, 4) is 0 Å². The quantitative estimate of drug-likeness (QED) is 0.700. The van der Waals surface area contributed by atoms with Crippen LogP contribution < -0.4 is 5.73 Å². The summed E-state index contributed by atoms with van der Waals surface area (Å²) in [6.07, 6.45) is 1.31. The fourth-order valence-corrected chi connectivity index (χ4v) is 1.87. The van der Waals surface area contributed by atoms with Crippen LogP contribution in [0.3, 0.4) is 0 Å². The zero-order chi connectivity index (χ0) is 9.26. The van der Waals surface area contributed by atoms with Gasteiger partial charge in [-0.2, -0.15) is 0 Å². The SMILES string of the molecule is CC(N)N1CCc2ccccc2C1. The van der Waals surface area contributed by atoms with E-state index in [1.54, 1.807) is 0 Å². The van der Waals surface area contributed by atoms with E-state index in [-0.39, 0.29) is 6.17 Å². The monoisotopic (exact) mass is 176 g/mol. The minimum Gasteiger partial charge on any atom is -0.316 e. The number of hydrogen-bond acceptors (Lipinski definition) is 2. The molecule has 2 heteroatoms. The van der Waals surface area contributed by atoms with Crippen molar-refractivity contribution in [1.29, 1.82) is 0 Å². The highest BCUT2D eigenvalue weighted by atomic mass is 15.2. The molecular formula is C11H16N2. The fourth-order valence-electron chi connectivity index (χ4n) is 1.87. The van der Waals surface area contributed by atoms with Crippen LogP contribution in [0.2, 0.25) is 0 Å². The highest BCUT2D eigenvalue weighted by Gasteiger charge is 2.17. The standard InChI is InChI=1S/C11H16N2/c1-9(12)13-7-6-10-4-2-3-5-11(10)8-13/h2-5,9H,6-8,12H2,1H3. The third kappa shape index (κ3) is 1.74. The molecule has 0 spiro atoms. The number of nitrogens with two attached hydrogens (primary N) is 1. The molecular weight excluding hydrogens is 160 g/mol. The molecule has 0 amide bonds. The van der Waals surface area contributed by atoms with Gasteiger partial charge < -0.3 is 5.73 Å². The summed E-state index contributed by atoms with van der Waals surface area (Å²) < 4.78 is 0. The predicted octanol–water partition coefficient (Wildman–Crippen LogP) is 1.35. The van der Waals surface area contributed by atoms with Gasteiger partial charge in [0, 0.05) is 13.1 Å².